The second-order valence-corrected chi connectivity index (χ2v) is 6.58. The number of hydrogen-bond donors (Lipinski definition) is 1. The van der Waals surface area contributed by atoms with Crippen LogP contribution in [-0.2, 0) is 11.2 Å². The second kappa shape index (κ2) is 6.85. The highest BCUT2D eigenvalue weighted by molar-refractivity contribution is 7.14. The predicted octanol–water partition coefficient (Wildman–Crippen LogP) is 2.46. The maximum absolute atomic E-state index is 11.7. The molecule has 0 spiro atoms. The van der Waals surface area contributed by atoms with Crippen LogP contribution in [0.2, 0.25) is 0 Å². The number of hydrogen-bond acceptors (Lipinski definition) is 5. The Hall–Kier alpha value is -1.40. The van der Waals surface area contributed by atoms with Gasteiger partial charge in [0.1, 0.15) is 4.88 Å². The molecule has 1 aromatic heterocycles. The van der Waals surface area contributed by atoms with Crippen molar-refractivity contribution >= 4 is 29.3 Å². The zero-order chi connectivity index (χ0) is 15.3. The number of ether oxygens (including phenoxy) is 1. The van der Waals surface area contributed by atoms with Crippen molar-refractivity contribution in [2.45, 2.75) is 32.3 Å². The standard InChI is InChI=1S/C14H22N2O3S/c1-14(2,18)7-6-10-8-11(15-9-16(3)4)12(20-10)13(17)19-5/h8-9,18H,6-7H2,1-5H3/b15-9+. The number of rotatable bonds is 6. The highest BCUT2D eigenvalue weighted by Gasteiger charge is 2.18. The van der Waals surface area contributed by atoms with Crippen molar-refractivity contribution in [3.05, 3.63) is 15.8 Å². The first-order chi connectivity index (χ1) is 9.23. The van der Waals surface area contributed by atoms with Crippen LogP contribution in [0.15, 0.2) is 11.1 Å². The topological polar surface area (TPSA) is 62.1 Å². The average Bonchev–Trinajstić information content (AvgIpc) is 2.75. The fourth-order valence-electron chi connectivity index (χ4n) is 1.50. The number of nitrogens with zero attached hydrogens (tertiary/aromatic N) is 2. The number of carbonyl (C=O) groups is 1. The van der Waals surface area contributed by atoms with Crippen LogP contribution in [-0.4, -0.2) is 49.1 Å². The molecule has 1 N–H and O–H groups in total. The third-order valence-electron chi connectivity index (χ3n) is 2.55. The zero-order valence-corrected chi connectivity index (χ0v) is 13.5. The van der Waals surface area contributed by atoms with E-state index in [2.05, 4.69) is 4.99 Å². The summed E-state index contributed by atoms with van der Waals surface area (Å²) >= 11 is 1.37. The van der Waals surface area contributed by atoms with E-state index in [-0.39, 0.29) is 5.97 Å². The van der Waals surface area contributed by atoms with E-state index >= 15 is 0 Å². The molecular weight excluding hydrogens is 276 g/mol. The molecule has 0 atom stereocenters. The summed E-state index contributed by atoms with van der Waals surface area (Å²) in [6, 6.07) is 1.88. The lowest BCUT2D eigenvalue weighted by Gasteiger charge is -2.15. The molecule has 0 bridgehead atoms. The van der Waals surface area contributed by atoms with E-state index in [0.29, 0.717) is 23.4 Å². The maximum Gasteiger partial charge on any atom is 0.350 e. The minimum Gasteiger partial charge on any atom is -0.465 e. The van der Waals surface area contributed by atoms with Crippen molar-refractivity contribution in [1.82, 2.24) is 4.90 Å². The SMILES string of the molecule is COC(=O)c1sc(CCC(C)(C)O)cc1/N=C/N(C)C. The third-order valence-corrected chi connectivity index (χ3v) is 3.71. The van der Waals surface area contributed by atoms with E-state index in [4.69, 9.17) is 4.74 Å². The molecular formula is C14H22N2O3S. The molecule has 20 heavy (non-hydrogen) atoms. The molecule has 0 radical (unpaired) electrons. The van der Waals surface area contributed by atoms with Crippen LogP contribution < -0.4 is 0 Å². The van der Waals surface area contributed by atoms with Gasteiger partial charge in [0.2, 0.25) is 0 Å². The summed E-state index contributed by atoms with van der Waals surface area (Å²) in [4.78, 5) is 19.3. The van der Waals surface area contributed by atoms with Crippen molar-refractivity contribution in [2.24, 2.45) is 4.99 Å². The summed E-state index contributed by atoms with van der Waals surface area (Å²) in [6.07, 6.45) is 2.98. The van der Waals surface area contributed by atoms with Crippen molar-refractivity contribution in [1.29, 1.82) is 0 Å². The van der Waals surface area contributed by atoms with Crippen molar-refractivity contribution in [3.8, 4) is 0 Å². The predicted molar refractivity (Wildman–Crippen MR) is 82.1 cm³/mol. The van der Waals surface area contributed by atoms with Gasteiger partial charge in [-0.05, 0) is 32.8 Å². The second-order valence-electron chi connectivity index (χ2n) is 5.44. The molecule has 0 aliphatic carbocycles. The first kappa shape index (κ1) is 16.7. The highest BCUT2D eigenvalue weighted by Crippen LogP contribution is 2.32. The number of methoxy groups -OCH3 is 1. The molecule has 1 heterocycles. The van der Waals surface area contributed by atoms with E-state index in [9.17, 15) is 9.90 Å². The van der Waals surface area contributed by atoms with Gasteiger partial charge in [0.15, 0.2) is 0 Å². The Balaban J connectivity index is 2.96. The fraction of sp³-hybridized carbons (Fsp3) is 0.571. The van der Waals surface area contributed by atoms with Crippen LogP contribution in [0.25, 0.3) is 0 Å². The summed E-state index contributed by atoms with van der Waals surface area (Å²) in [5, 5.41) is 9.76. The van der Waals surface area contributed by atoms with Crippen LogP contribution in [0.5, 0.6) is 0 Å². The average molecular weight is 298 g/mol. The van der Waals surface area contributed by atoms with Crippen molar-refractivity contribution < 1.29 is 14.6 Å². The Bertz CT molecular complexity index is 487. The normalized spacial score (nSPS) is 11.9. The number of esters is 1. The Kier molecular flexibility index (Phi) is 5.71. The summed E-state index contributed by atoms with van der Waals surface area (Å²) in [6.45, 7) is 3.54. The molecule has 5 nitrogen and oxygen atoms in total. The lowest BCUT2D eigenvalue weighted by molar-refractivity contribution is 0.0607. The van der Waals surface area contributed by atoms with Gasteiger partial charge >= 0.3 is 5.97 Å². The Morgan fingerprint density at radius 1 is 1.55 bits per heavy atom. The van der Waals surface area contributed by atoms with Crippen molar-refractivity contribution in [2.75, 3.05) is 21.2 Å². The number of carbonyl (C=O) groups excluding carboxylic acids is 1. The molecule has 1 rings (SSSR count). The maximum atomic E-state index is 11.7. The van der Waals surface area contributed by atoms with Crippen LogP contribution in [0.4, 0.5) is 5.69 Å². The van der Waals surface area contributed by atoms with E-state index < -0.39 is 5.60 Å². The van der Waals surface area contributed by atoms with Crippen LogP contribution in [0.3, 0.4) is 0 Å². The van der Waals surface area contributed by atoms with Gasteiger partial charge in [-0.3, -0.25) is 0 Å². The zero-order valence-electron chi connectivity index (χ0n) is 12.6. The largest absolute Gasteiger partial charge is 0.465 e. The van der Waals surface area contributed by atoms with Crippen LogP contribution in [0.1, 0.15) is 34.8 Å². The number of aliphatic hydroxyl groups is 1. The van der Waals surface area contributed by atoms with E-state index in [1.54, 1.807) is 25.1 Å². The molecule has 0 saturated carbocycles. The molecule has 0 unspecified atom stereocenters. The van der Waals surface area contributed by atoms with Gasteiger partial charge in [-0.1, -0.05) is 0 Å². The van der Waals surface area contributed by atoms with Gasteiger partial charge in [0.05, 0.1) is 24.7 Å². The van der Waals surface area contributed by atoms with Gasteiger partial charge in [-0.2, -0.15) is 0 Å². The lowest BCUT2D eigenvalue weighted by atomic mass is 10.0. The highest BCUT2D eigenvalue weighted by atomic mass is 32.1. The first-order valence-electron chi connectivity index (χ1n) is 6.37. The summed E-state index contributed by atoms with van der Waals surface area (Å²) in [5.41, 5.74) is -0.107. The molecule has 0 aliphatic heterocycles. The fourth-order valence-corrected chi connectivity index (χ4v) is 2.52. The molecule has 0 fully saturated rings. The van der Waals surface area contributed by atoms with E-state index in [0.717, 1.165) is 4.88 Å². The summed E-state index contributed by atoms with van der Waals surface area (Å²) in [7, 11) is 5.09. The molecule has 0 aromatic carbocycles. The summed E-state index contributed by atoms with van der Waals surface area (Å²) < 4.78 is 4.78. The van der Waals surface area contributed by atoms with E-state index in [1.165, 1.54) is 18.4 Å². The van der Waals surface area contributed by atoms with Gasteiger partial charge in [-0.25, -0.2) is 9.79 Å². The third kappa shape index (κ3) is 5.30. The summed E-state index contributed by atoms with van der Waals surface area (Å²) in [5.74, 6) is -0.379. The number of aliphatic imine (C=N–C) groups is 1. The molecule has 112 valence electrons. The minimum atomic E-state index is -0.720. The molecule has 6 heteroatoms. The van der Waals surface area contributed by atoms with Crippen LogP contribution in [0, 0.1) is 0 Å². The lowest BCUT2D eigenvalue weighted by Crippen LogP contribution is -2.18. The first-order valence-corrected chi connectivity index (χ1v) is 7.18. The smallest absolute Gasteiger partial charge is 0.350 e. The quantitative estimate of drug-likeness (QED) is 0.498. The number of aryl methyl sites for hydroxylation is 1. The van der Waals surface area contributed by atoms with E-state index in [1.807, 2.05) is 20.2 Å². The van der Waals surface area contributed by atoms with Gasteiger partial charge in [0, 0.05) is 19.0 Å². The number of thiophene rings is 1. The van der Waals surface area contributed by atoms with Crippen molar-refractivity contribution in [3.63, 3.8) is 0 Å². The monoisotopic (exact) mass is 298 g/mol. The molecule has 0 saturated heterocycles. The Morgan fingerprint density at radius 3 is 2.70 bits per heavy atom. The minimum absolute atomic E-state index is 0.379. The molecule has 0 amide bonds. The molecule has 1 aromatic rings. The Labute approximate surface area is 123 Å². The van der Waals surface area contributed by atoms with Gasteiger partial charge in [-0.15, -0.1) is 11.3 Å². The van der Waals surface area contributed by atoms with Gasteiger partial charge in [0.25, 0.3) is 0 Å². The molecule has 0 aliphatic rings. The van der Waals surface area contributed by atoms with Crippen LogP contribution >= 0.6 is 11.3 Å². The van der Waals surface area contributed by atoms with Gasteiger partial charge < -0.3 is 14.7 Å². The Morgan fingerprint density at radius 2 is 2.20 bits per heavy atom.